The molecule has 0 atom stereocenters. The molecule has 1 saturated heterocycles. The fraction of sp³-hybridized carbons (Fsp3) is 0.600. The van der Waals surface area contributed by atoms with Gasteiger partial charge in [0.15, 0.2) is 11.5 Å². The van der Waals surface area contributed by atoms with Crippen molar-refractivity contribution in [2.75, 3.05) is 53.3 Å². The number of methoxy groups -OCH3 is 1. The van der Waals surface area contributed by atoms with Crippen LogP contribution in [0.5, 0.6) is 17.2 Å². The molecule has 2 aliphatic rings. The summed E-state index contributed by atoms with van der Waals surface area (Å²) in [5.41, 5.74) is 1.14. The van der Waals surface area contributed by atoms with Crippen molar-refractivity contribution in [1.29, 1.82) is 0 Å². The third-order valence-corrected chi connectivity index (χ3v) is 3.76. The van der Waals surface area contributed by atoms with E-state index in [4.69, 9.17) is 18.9 Å². The zero-order valence-corrected chi connectivity index (χ0v) is 12.4. The second-order valence-electron chi connectivity index (χ2n) is 5.16. The maximum Gasteiger partial charge on any atom is 0.231 e. The van der Waals surface area contributed by atoms with E-state index in [9.17, 15) is 0 Å². The molecule has 0 bridgehead atoms. The van der Waals surface area contributed by atoms with Crippen LogP contribution < -0.4 is 19.5 Å². The first-order valence-electron chi connectivity index (χ1n) is 7.34. The number of benzene rings is 1. The minimum Gasteiger partial charge on any atom is -0.493 e. The molecule has 2 aliphatic heterocycles. The molecule has 0 radical (unpaired) electrons. The smallest absolute Gasteiger partial charge is 0.231 e. The predicted molar refractivity (Wildman–Crippen MR) is 78.1 cm³/mol. The summed E-state index contributed by atoms with van der Waals surface area (Å²) in [5, 5.41) is 3.46. The predicted octanol–water partition coefficient (Wildman–Crippen LogP) is 0.846. The molecule has 6 heteroatoms. The van der Waals surface area contributed by atoms with Crippen LogP contribution in [0, 0.1) is 0 Å². The molecule has 1 fully saturated rings. The minimum absolute atomic E-state index is 0.263. The van der Waals surface area contributed by atoms with Gasteiger partial charge in [-0.15, -0.1) is 0 Å². The summed E-state index contributed by atoms with van der Waals surface area (Å²) in [5.74, 6) is 2.20. The van der Waals surface area contributed by atoms with E-state index in [0.717, 1.165) is 63.0 Å². The van der Waals surface area contributed by atoms with Gasteiger partial charge in [-0.3, -0.25) is 4.90 Å². The Labute approximate surface area is 124 Å². The van der Waals surface area contributed by atoms with Crippen LogP contribution in [0.2, 0.25) is 0 Å². The third-order valence-electron chi connectivity index (χ3n) is 3.76. The first-order valence-corrected chi connectivity index (χ1v) is 7.34. The van der Waals surface area contributed by atoms with Gasteiger partial charge in [0.25, 0.3) is 0 Å². The highest BCUT2D eigenvalue weighted by Crippen LogP contribution is 2.41. The van der Waals surface area contributed by atoms with Gasteiger partial charge in [0.2, 0.25) is 12.5 Å². The summed E-state index contributed by atoms with van der Waals surface area (Å²) >= 11 is 0. The Bertz CT molecular complexity index is 475. The zero-order valence-electron chi connectivity index (χ0n) is 12.4. The van der Waals surface area contributed by atoms with E-state index in [2.05, 4.69) is 10.2 Å². The number of ether oxygens (including phenoxy) is 4. The Balaban J connectivity index is 1.49. The molecule has 116 valence electrons. The second kappa shape index (κ2) is 6.98. The van der Waals surface area contributed by atoms with E-state index in [1.165, 1.54) is 0 Å². The molecule has 1 aromatic carbocycles. The fourth-order valence-corrected chi connectivity index (χ4v) is 2.58. The molecule has 0 aromatic heterocycles. The van der Waals surface area contributed by atoms with E-state index in [1.54, 1.807) is 7.11 Å². The first kappa shape index (κ1) is 14.4. The van der Waals surface area contributed by atoms with Crippen LogP contribution in [0.4, 0.5) is 0 Å². The highest BCUT2D eigenvalue weighted by molar-refractivity contribution is 5.55. The average Bonchev–Trinajstić information content (AvgIpc) is 3.00. The van der Waals surface area contributed by atoms with Crippen molar-refractivity contribution < 1.29 is 18.9 Å². The van der Waals surface area contributed by atoms with Crippen molar-refractivity contribution in [3.63, 3.8) is 0 Å². The van der Waals surface area contributed by atoms with Crippen LogP contribution in [-0.2, 0) is 11.3 Å². The van der Waals surface area contributed by atoms with Crippen LogP contribution >= 0.6 is 0 Å². The largest absolute Gasteiger partial charge is 0.493 e. The monoisotopic (exact) mass is 294 g/mol. The lowest BCUT2D eigenvalue weighted by molar-refractivity contribution is 0.0384. The van der Waals surface area contributed by atoms with Gasteiger partial charge in [0.1, 0.15) is 0 Å². The summed E-state index contributed by atoms with van der Waals surface area (Å²) < 4.78 is 21.5. The SMILES string of the molecule is COc1cc(CNCCN2CCOCC2)cc2c1OCO2. The van der Waals surface area contributed by atoms with Gasteiger partial charge in [-0.05, 0) is 17.7 Å². The molecular formula is C15H22N2O4. The number of hydrogen-bond acceptors (Lipinski definition) is 6. The van der Waals surface area contributed by atoms with Crippen molar-refractivity contribution in [2.45, 2.75) is 6.54 Å². The first-order chi connectivity index (χ1) is 10.4. The van der Waals surface area contributed by atoms with Crippen molar-refractivity contribution >= 4 is 0 Å². The topological polar surface area (TPSA) is 52.2 Å². The fourth-order valence-electron chi connectivity index (χ4n) is 2.58. The van der Waals surface area contributed by atoms with Crippen molar-refractivity contribution in [3.05, 3.63) is 17.7 Å². The molecule has 0 amide bonds. The Morgan fingerprint density at radius 3 is 2.90 bits per heavy atom. The maximum atomic E-state index is 5.43. The lowest BCUT2D eigenvalue weighted by Gasteiger charge is -2.26. The zero-order chi connectivity index (χ0) is 14.5. The lowest BCUT2D eigenvalue weighted by atomic mass is 10.2. The summed E-state index contributed by atoms with van der Waals surface area (Å²) in [7, 11) is 1.65. The van der Waals surface area contributed by atoms with Gasteiger partial charge in [0, 0.05) is 32.7 Å². The normalized spacial score (nSPS) is 18.0. The molecule has 1 N–H and O–H groups in total. The van der Waals surface area contributed by atoms with E-state index in [1.807, 2.05) is 12.1 Å². The number of fused-ring (bicyclic) bond motifs is 1. The molecule has 0 aliphatic carbocycles. The van der Waals surface area contributed by atoms with E-state index < -0.39 is 0 Å². The molecular weight excluding hydrogens is 272 g/mol. The third kappa shape index (κ3) is 3.58. The van der Waals surface area contributed by atoms with Gasteiger partial charge >= 0.3 is 0 Å². The maximum absolute atomic E-state index is 5.43. The summed E-state index contributed by atoms with van der Waals surface area (Å²) in [6.07, 6.45) is 0. The molecule has 0 spiro atoms. The Morgan fingerprint density at radius 1 is 1.24 bits per heavy atom. The van der Waals surface area contributed by atoms with Gasteiger partial charge in [-0.2, -0.15) is 0 Å². The molecule has 6 nitrogen and oxygen atoms in total. The minimum atomic E-state index is 0.263. The molecule has 21 heavy (non-hydrogen) atoms. The number of rotatable bonds is 6. The highest BCUT2D eigenvalue weighted by atomic mass is 16.7. The number of nitrogens with one attached hydrogen (secondary N) is 1. The number of hydrogen-bond donors (Lipinski definition) is 1. The van der Waals surface area contributed by atoms with Gasteiger partial charge in [-0.1, -0.05) is 0 Å². The van der Waals surface area contributed by atoms with Crippen LogP contribution in [-0.4, -0.2) is 58.2 Å². The van der Waals surface area contributed by atoms with Gasteiger partial charge < -0.3 is 24.3 Å². The van der Waals surface area contributed by atoms with Crippen LogP contribution in [0.3, 0.4) is 0 Å². The highest BCUT2D eigenvalue weighted by Gasteiger charge is 2.19. The van der Waals surface area contributed by atoms with E-state index in [0.29, 0.717) is 5.75 Å². The van der Waals surface area contributed by atoms with Crippen molar-refractivity contribution in [2.24, 2.45) is 0 Å². The lowest BCUT2D eigenvalue weighted by Crippen LogP contribution is -2.40. The summed E-state index contributed by atoms with van der Waals surface area (Å²) in [6.45, 7) is 6.80. The second-order valence-corrected chi connectivity index (χ2v) is 5.16. The summed E-state index contributed by atoms with van der Waals surface area (Å²) in [6, 6.07) is 4.00. The Hall–Kier alpha value is -1.50. The molecule has 0 saturated carbocycles. The van der Waals surface area contributed by atoms with E-state index in [-0.39, 0.29) is 6.79 Å². The van der Waals surface area contributed by atoms with Gasteiger partial charge in [-0.25, -0.2) is 0 Å². The quantitative estimate of drug-likeness (QED) is 0.785. The Morgan fingerprint density at radius 2 is 2.10 bits per heavy atom. The molecule has 0 unspecified atom stereocenters. The summed E-state index contributed by atoms with van der Waals surface area (Å²) in [4.78, 5) is 2.41. The molecule has 3 rings (SSSR count). The van der Waals surface area contributed by atoms with E-state index >= 15 is 0 Å². The molecule has 2 heterocycles. The molecule has 1 aromatic rings. The van der Waals surface area contributed by atoms with Gasteiger partial charge in [0.05, 0.1) is 20.3 Å². The van der Waals surface area contributed by atoms with Crippen LogP contribution in [0.1, 0.15) is 5.56 Å². The number of nitrogens with zero attached hydrogens (tertiary/aromatic N) is 1. The van der Waals surface area contributed by atoms with Crippen LogP contribution in [0.15, 0.2) is 12.1 Å². The Kier molecular flexibility index (Phi) is 4.80. The standard InChI is InChI=1S/C15H22N2O4/c1-18-13-8-12(9-14-15(13)21-11-20-14)10-16-2-3-17-4-6-19-7-5-17/h8-9,16H,2-7,10-11H2,1H3. The van der Waals surface area contributed by atoms with Crippen LogP contribution in [0.25, 0.3) is 0 Å². The average molecular weight is 294 g/mol. The number of morpholine rings is 1. The van der Waals surface area contributed by atoms with Crippen molar-refractivity contribution in [1.82, 2.24) is 10.2 Å². The van der Waals surface area contributed by atoms with Crippen molar-refractivity contribution in [3.8, 4) is 17.2 Å².